The molecule has 0 unspecified atom stereocenters. The fourth-order valence-electron chi connectivity index (χ4n) is 1.98. The van der Waals surface area contributed by atoms with Gasteiger partial charge in [0.25, 0.3) is 0 Å². The quantitative estimate of drug-likeness (QED) is 0.918. The third-order valence-corrected chi connectivity index (χ3v) is 3.54. The van der Waals surface area contributed by atoms with Gasteiger partial charge in [0.05, 0.1) is 22.1 Å². The van der Waals surface area contributed by atoms with Crippen LogP contribution < -0.4 is 5.32 Å². The van der Waals surface area contributed by atoms with Gasteiger partial charge in [-0.05, 0) is 32.0 Å². The number of aromatic nitrogens is 2. The molecule has 0 saturated carbocycles. The summed E-state index contributed by atoms with van der Waals surface area (Å²) in [6.45, 7) is 7.81. The van der Waals surface area contributed by atoms with Crippen molar-refractivity contribution in [3.8, 4) is 5.69 Å². The lowest BCUT2D eigenvalue weighted by Gasteiger charge is -2.11. The maximum Gasteiger partial charge on any atom is 0.0848 e. The Morgan fingerprint density at radius 3 is 2.61 bits per heavy atom. The normalized spacial score (nSPS) is 10.9. The summed E-state index contributed by atoms with van der Waals surface area (Å²) in [5, 5.41) is 8.59. The number of aryl methyl sites for hydroxylation is 1. The first-order chi connectivity index (χ1) is 8.65. The molecule has 0 amide bonds. The van der Waals surface area contributed by atoms with E-state index in [1.165, 1.54) is 5.56 Å². The predicted octanol–water partition coefficient (Wildman–Crippen LogP) is 3.25. The lowest BCUT2D eigenvalue weighted by molar-refractivity contribution is 0.713. The van der Waals surface area contributed by atoms with Crippen LogP contribution in [0.3, 0.4) is 0 Å². The molecule has 4 heteroatoms. The number of benzene rings is 1. The van der Waals surface area contributed by atoms with Crippen LogP contribution in [0.25, 0.3) is 5.69 Å². The molecular weight excluding hydrogens is 246 g/mol. The zero-order valence-corrected chi connectivity index (χ0v) is 11.8. The molecule has 1 aromatic heterocycles. The highest BCUT2D eigenvalue weighted by molar-refractivity contribution is 6.31. The summed E-state index contributed by atoms with van der Waals surface area (Å²) in [4.78, 5) is 0. The van der Waals surface area contributed by atoms with Crippen molar-refractivity contribution in [1.29, 1.82) is 0 Å². The highest BCUT2D eigenvalue weighted by Crippen LogP contribution is 2.24. The molecule has 18 heavy (non-hydrogen) atoms. The van der Waals surface area contributed by atoms with E-state index < -0.39 is 0 Å². The Morgan fingerprint density at radius 1 is 1.28 bits per heavy atom. The zero-order chi connectivity index (χ0) is 13.1. The van der Waals surface area contributed by atoms with Gasteiger partial charge in [-0.2, -0.15) is 5.10 Å². The zero-order valence-electron chi connectivity index (χ0n) is 11.0. The van der Waals surface area contributed by atoms with Gasteiger partial charge in [0.2, 0.25) is 0 Å². The maximum atomic E-state index is 6.21. The van der Waals surface area contributed by atoms with Gasteiger partial charge >= 0.3 is 0 Å². The predicted molar refractivity (Wildman–Crippen MR) is 75.4 cm³/mol. The molecule has 0 saturated heterocycles. The van der Waals surface area contributed by atoms with E-state index in [4.69, 9.17) is 11.6 Å². The van der Waals surface area contributed by atoms with E-state index >= 15 is 0 Å². The largest absolute Gasteiger partial charge is 0.313 e. The van der Waals surface area contributed by atoms with Gasteiger partial charge in [-0.1, -0.05) is 36.7 Å². The number of rotatable bonds is 4. The Kier molecular flexibility index (Phi) is 4.04. The summed E-state index contributed by atoms with van der Waals surface area (Å²) >= 11 is 6.21. The van der Waals surface area contributed by atoms with Crippen LogP contribution in [0.1, 0.15) is 23.9 Å². The summed E-state index contributed by atoms with van der Waals surface area (Å²) < 4.78 is 1.92. The molecular formula is C14H18ClN3. The van der Waals surface area contributed by atoms with Crippen LogP contribution >= 0.6 is 11.6 Å². The van der Waals surface area contributed by atoms with E-state index in [0.717, 1.165) is 35.2 Å². The summed E-state index contributed by atoms with van der Waals surface area (Å²) in [5.41, 5.74) is 4.16. The Morgan fingerprint density at radius 2 is 2.00 bits per heavy atom. The van der Waals surface area contributed by atoms with Crippen molar-refractivity contribution in [3.05, 3.63) is 46.2 Å². The van der Waals surface area contributed by atoms with Gasteiger partial charge < -0.3 is 5.32 Å². The van der Waals surface area contributed by atoms with Crippen LogP contribution in [0.5, 0.6) is 0 Å². The molecule has 0 aliphatic carbocycles. The average molecular weight is 264 g/mol. The summed E-state index contributed by atoms with van der Waals surface area (Å²) in [6.07, 6.45) is 0. The smallest absolute Gasteiger partial charge is 0.0848 e. The molecule has 1 aromatic carbocycles. The monoisotopic (exact) mass is 263 g/mol. The number of hydrogen-bond acceptors (Lipinski definition) is 2. The van der Waals surface area contributed by atoms with Gasteiger partial charge in [0.1, 0.15) is 0 Å². The second-order valence-electron chi connectivity index (χ2n) is 4.31. The first-order valence-electron chi connectivity index (χ1n) is 6.15. The molecule has 96 valence electrons. The first-order valence-corrected chi connectivity index (χ1v) is 6.53. The minimum atomic E-state index is 0.744. The van der Waals surface area contributed by atoms with Crippen molar-refractivity contribution < 1.29 is 0 Å². The van der Waals surface area contributed by atoms with Crippen LogP contribution in [0.15, 0.2) is 24.3 Å². The molecule has 2 aromatic rings. The summed E-state index contributed by atoms with van der Waals surface area (Å²) in [7, 11) is 0. The van der Waals surface area contributed by atoms with Gasteiger partial charge in [0.15, 0.2) is 0 Å². The van der Waals surface area contributed by atoms with Gasteiger partial charge in [-0.25, -0.2) is 4.68 Å². The van der Waals surface area contributed by atoms with E-state index in [-0.39, 0.29) is 0 Å². The molecule has 0 aliphatic rings. The summed E-state index contributed by atoms with van der Waals surface area (Å²) in [6, 6.07) is 8.25. The maximum absolute atomic E-state index is 6.21. The third-order valence-electron chi connectivity index (χ3n) is 2.99. The van der Waals surface area contributed by atoms with Crippen molar-refractivity contribution in [1.82, 2.24) is 15.1 Å². The molecule has 0 spiro atoms. The standard InChI is InChI=1S/C14H18ClN3/c1-4-16-9-12-7-5-6-8-13(12)18-11(3)14(15)10(2)17-18/h5-8,16H,4,9H2,1-3H3. The number of para-hydroxylation sites is 1. The minimum absolute atomic E-state index is 0.744. The van der Waals surface area contributed by atoms with E-state index in [2.05, 4.69) is 29.5 Å². The van der Waals surface area contributed by atoms with Crippen molar-refractivity contribution in [3.63, 3.8) is 0 Å². The number of nitrogens with one attached hydrogen (secondary N) is 1. The fourth-order valence-corrected chi connectivity index (χ4v) is 2.10. The molecule has 0 aliphatic heterocycles. The van der Waals surface area contributed by atoms with Gasteiger partial charge in [-0.3, -0.25) is 0 Å². The Bertz CT molecular complexity index is 546. The first kappa shape index (κ1) is 13.1. The molecule has 0 bridgehead atoms. The molecule has 3 nitrogen and oxygen atoms in total. The van der Waals surface area contributed by atoms with Crippen LogP contribution in [0.4, 0.5) is 0 Å². The molecule has 1 N–H and O–H groups in total. The Balaban J connectivity index is 2.46. The number of halogens is 1. The van der Waals surface area contributed by atoms with E-state index in [9.17, 15) is 0 Å². The number of hydrogen-bond donors (Lipinski definition) is 1. The van der Waals surface area contributed by atoms with Crippen LogP contribution in [0, 0.1) is 13.8 Å². The summed E-state index contributed by atoms with van der Waals surface area (Å²) in [5.74, 6) is 0. The number of nitrogens with zero attached hydrogens (tertiary/aromatic N) is 2. The lowest BCUT2D eigenvalue weighted by Crippen LogP contribution is -2.14. The highest BCUT2D eigenvalue weighted by Gasteiger charge is 2.12. The van der Waals surface area contributed by atoms with Gasteiger partial charge in [-0.15, -0.1) is 0 Å². The Labute approximate surface area is 113 Å². The third kappa shape index (κ3) is 2.42. The van der Waals surface area contributed by atoms with E-state index in [0.29, 0.717) is 0 Å². The van der Waals surface area contributed by atoms with Gasteiger partial charge in [0, 0.05) is 6.54 Å². The molecule has 0 fully saturated rings. The SMILES string of the molecule is CCNCc1ccccc1-n1nc(C)c(Cl)c1C. The fraction of sp³-hybridized carbons (Fsp3) is 0.357. The van der Waals surface area contributed by atoms with E-state index in [1.54, 1.807) is 0 Å². The lowest BCUT2D eigenvalue weighted by atomic mass is 10.1. The second-order valence-corrected chi connectivity index (χ2v) is 4.68. The highest BCUT2D eigenvalue weighted by atomic mass is 35.5. The van der Waals surface area contributed by atoms with Crippen LogP contribution in [-0.2, 0) is 6.54 Å². The van der Waals surface area contributed by atoms with Crippen molar-refractivity contribution in [2.24, 2.45) is 0 Å². The molecule has 1 heterocycles. The van der Waals surface area contributed by atoms with E-state index in [1.807, 2.05) is 30.7 Å². The second kappa shape index (κ2) is 5.55. The Hall–Kier alpha value is -1.32. The van der Waals surface area contributed by atoms with Crippen LogP contribution in [-0.4, -0.2) is 16.3 Å². The molecule has 0 radical (unpaired) electrons. The topological polar surface area (TPSA) is 29.9 Å². The van der Waals surface area contributed by atoms with Crippen molar-refractivity contribution in [2.75, 3.05) is 6.54 Å². The van der Waals surface area contributed by atoms with Crippen molar-refractivity contribution >= 4 is 11.6 Å². The minimum Gasteiger partial charge on any atom is -0.313 e. The van der Waals surface area contributed by atoms with Crippen LogP contribution in [0.2, 0.25) is 5.02 Å². The molecule has 2 rings (SSSR count). The molecule has 0 atom stereocenters. The average Bonchev–Trinajstić information content (AvgIpc) is 2.64. The van der Waals surface area contributed by atoms with Crippen molar-refractivity contribution in [2.45, 2.75) is 27.3 Å².